The average Bonchev–Trinajstić information content (AvgIpc) is 2.92. The van der Waals surface area contributed by atoms with Crippen molar-refractivity contribution in [2.24, 2.45) is 11.8 Å². The van der Waals surface area contributed by atoms with Gasteiger partial charge >= 0.3 is 0 Å². The van der Waals surface area contributed by atoms with E-state index in [1.807, 2.05) is 0 Å². The van der Waals surface area contributed by atoms with E-state index in [4.69, 9.17) is 0 Å². The number of fused-ring (bicyclic) bond motifs is 4. The van der Waals surface area contributed by atoms with Crippen LogP contribution >= 0.6 is 0 Å². The zero-order chi connectivity index (χ0) is 15.8. The molecule has 3 heteroatoms. The highest BCUT2D eigenvalue weighted by atomic mass is 16.3. The quantitative estimate of drug-likeness (QED) is 0.616. The molecule has 2 aromatic rings. The molecule has 3 fully saturated rings. The third-order valence-corrected chi connectivity index (χ3v) is 7.13. The van der Waals surface area contributed by atoms with Gasteiger partial charge in [0.2, 0.25) is 0 Å². The highest BCUT2D eigenvalue weighted by Gasteiger charge is 2.61. The predicted octanol–water partition coefficient (Wildman–Crippen LogP) is 3.17. The number of aromatic amines is 1. The molecular weight excluding hydrogens is 284 g/mol. The van der Waals surface area contributed by atoms with Crippen LogP contribution in [0.4, 0.5) is 0 Å². The van der Waals surface area contributed by atoms with E-state index < -0.39 is 0 Å². The van der Waals surface area contributed by atoms with Crippen molar-refractivity contribution in [2.75, 3.05) is 20.2 Å². The Labute approximate surface area is 137 Å². The molecule has 120 valence electrons. The fourth-order valence-electron chi connectivity index (χ4n) is 6.02. The number of rotatable bonds is 1. The molecule has 4 aliphatic heterocycles. The summed E-state index contributed by atoms with van der Waals surface area (Å²) in [5.41, 5.74) is 5.84. The lowest BCUT2D eigenvalue weighted by Crippen LogP contribution is -2.70. The van der Waals surface area contributed by atoms with Crippen LogP contribution in [0.15, 0.2) is 35.9 Å². The Kier molecular flexibility index (Phi) is 2.70. The molecule has 0 radical (unpaired) electrons. The van der Waals surface area contributed by atoms with Crippen LogP contribution in [0.5, 0.6) is 0 Å². The number of likely N-dealkylation sites (N-methyl/N-ethyl adjacent to an activating group) is 1. The molecule has 1 aromatic heterocycles. The third kappa shape index (κ3) is 1.57. The Bertz CT molecular complexity index is 820. The maximum atomic E-state index is 10.1. The highest BCUT2D eigenvalue weighted by molar-refractivity contribution is 5.85. The number of para-hydroxylation sites is 1. The minimum Gasteiger partial charge on any atom is -0.396 e. The molecule has 0 saturated carbocycles. The zero-order valence-electron chi connectivity index (χ0n) is 13.9. The molecule has 3 saturated heterocycles. The second kappa shape index (κ2) is 4.49. The smallest absolute Gasteiger partial charge is 0.131 e. The van der Waals surface area contributed by atoms with E-state index >= 15 is 0 Å². The van der Waals surface area contributed by atoms with Crippen LogP contribution in [0, 0.1) is 11.8 Å². The Balaban J connectivity index is 1.73. The zero-order valence-corrected chi connectivity index (χ0v) is 13.9. The summed E-state index contributed by atoms with van der Waals surface area (Å²) >= 11 is 0. The van der Waals surface area contributed by atoms with Gasteiger partial charge in [0.1, 0.15) is 12.6 Å². The van der Waals surface area contributed by atoms with Gasteiger partial charge in [-0.1, -0.05) is 24.3 Å². The Hall–Kier alpha value is -1.58. The number of aliphatic hydroxyl groups is 1. The predicted molar refractivity (Wildman–Crippen MR) is 92.0 cm³/mol. The first-order valence-corrected chi connectivity index (χ1v) is 8.87. The molecule has 2 unspecified atom stereocenters. The lowest BCUT2D eigenvalue weighted by molar-refractivity contribution is -0.978. The first-order valence-electron chi connectivity index (χ1n) is 8.87. The first-order chi connectivity index (χ1) is 11.2. The third-order valence-electron chi connectivity index (χ3n) is 7.13. The lowest BCUT2D eigenvalue weighted by Gasteiger charge is -2.62. The van der Waals surface area contributed by atoms with E-state index in [1.54, 1.807) is 5.57 Å². The van der Waals surface area contributed by atoms with Crippen molar-refractivity contribution in [3.05, 3.63) is 47.2 Å². The van der Waals surface area contributed by atoms with Gasteiger partial charge in [0.05, 0.1) is 25.4 Å². The number of nitrogens with one attached hydrogen (secondary N) is 1. The molecule has 5 heterocycles. The molecule has 23 heavy (non-hydrogen) atoms. The van der Waals surface area contributed by atoms with Crippen molar-refractivity contribution in [3.63, 3.8) is 0 Å². The summed E-state index contributed by atoms with van der Waals surface area (Å²) in [6.45, 7) is 3.65. The van der Waals surface area contributed by atoms with Gasteiger partial charge in [-0.2, -0.15) is 0 Å². The summed E-state index contributed by atoms with van der Waals surface area (Å²) in [5, 5.41) is 11.5. The van der Waals surface area contributed by atoms with Gasteiger partial charge in [0.15, 0.2) is 0 Å². The number of H-pyrrole nitrogens is 1. The topological polar surface area (TPSA) is 36.0 Å². The molecule has 0 spiro atoms. The summed E-state index contributed by atoms with van der Waals surface area (Å²) in [6.07, 6.45) is 4.59. The van der Waals surface area contributed by atoms with Crippen LogP contribution in [0.1, 0.15) is 30.6 Å². The van der Waals surface area contributed by atoms with Gasteiger partial charge in [-0.15, -0.1) is 0 Å². The SMILES string of the molecule is C/C=C1\C[N@+]2(C)C3Cc4c([nH]c5ccccc45)[C@@H]2C[C@@H]1C3CO. The van der Waals surface area contributed by atoms with E-state index in [0.29, 0.717) is 30.5 Å². The van der Waals surface area contributed by atoms with E-state index in [9.17, 15) is 5.11 Å². The highest BCUT2D eigenvalue weighted by Crippen LogP contribution is 2.57. The molecular formula is C20H25N2O+. The molecule has 6 rings (SSSR count). The van der Waals surface area contributed by atoms with Crippen molar-refractivity contribution in [1.29, 1.82) is 0 Å². The Morgan fingerprint density at radius 3 is 2.96 bits per heavy atom. The van der Waals surface area contributed by atoms with E-state index in [-0.39, 0.29) is 0 Å². The van der Waals surface area contributed by atoms with Gasteiger partial charge in [-0.25, -0.2) is 0 Å². The van der Waals surface area contributed by atoms with Crippen molar-refractivity contribution >= 4 is 10.9 Å². The number of aromatic nitrogens is 1. The Morgan fingerprint density at radius 1 is 1.35 bits per heavy atom. The number of aliphatic hydroxyl groups excluding tert-OH is 1. The number of allylic oxidation sites excluding steroid dienone is 1. The molecule has 1 aromatic carbocycles. The van der Waals surface area contributed by atoms with Crippen LogP contribution in [0.2, 0.25) is 0 Å². The molecule has 2 N–H and O–H groups in total. The summed E-state index contributed by atoms with van der Waals surface area (Å²) in [4.78, 5) is 3.75. The van der Waals surface area contributed by atoms with Crippen LogP contribution in [-0.2, 0) is 6.42 Å². The fraction of sp³-hybridized carbons (Fsp3) is 0.500. The number of nitrogens with zero attached hydrogens (tertiary/aromatic N) is 1. The van der Waals surface area contributed by atoms with Gasteiger partial charge < -0.3 is 14.6 Å². The first kappa shape index (κ1) is 13.8. The van der Waals surface area contributed by atoms with E-state index in [0.717, 1.165) is 17.4 Å². The number of quaternary nitrogens is 1. The Morgan fingerprint density at radius 2 is 2.17 bits per heavy atom. The van der Waals surface area contributed by atoms with Gasteiger partial charge in [0.25, 0.3) is 0 Å². The standard InChI is InChI=1S/C20H25N2O/c1-3-12-10-22(2)18-9-15-13-6-4-5-7-17(13)21-20(15)19(22)8-14(12)16(18)11-23/h3-7,14,16,18-19,21,23H,8-11H2,1-2H3/q+1/b12-3+/t14-,16?,18?,19-,22+/m0/s1. The number of hydrogen-bond acceptors (Lipinski definition) is 1. The van der Waals surface area contributed by atoms with E-state index in [2.05, 4.69) is 49.3 Å². The summed E-state index contributed by atoms with van der Waals surface area (Å²) in [5.74, 6) is 0.984. The second-order valence-corrected chi connectivity index (χ2v) is 7.91. The maximum Gasteiger partial charge on any atom is 0.131 e. The average molecular weight is 309 g/mol. The molecule has 0 amide bonds. The summed E-state index contributed by atoms with van der Waals surface area (Å²) in [6, 6.07) is 9.84. The monoisotopic (exact) mass is 309 g/mol. The number of benzene rings is 1. The summed E-state index contributed by atoms with van der Waals surface area (Å²) in [7, 11) is 2.42. The minimum atomic E-state index is 0.324. The van der Waals surface area contributed by atoms with Crippen molar-refractivity contribution < 1.29 is 9.59 Å². The lowest BCUT2D eigenvalue weighted by atomic mass is 9.62. The van der Waals surface area contributed by atoms with E-state index in [1.165, 1.54) is 28.6 Å². The fourth-order valence-corrected chi connectivity index (χ4v) is 6.02. The van der Waals surface area contributed by atoms with Crippen LogP contribution in [-0.4, -0.2) is 40.8 Å². The van der Waals surface area contributed by atoms with Crippen LogP contribution < -0.4 is 0 Å². The van der Waals surface area contributed by atoms with Gasteiger partial charge in [-0.05, 0) is 24.1 Å². The van der Waals surface area contributed by atoms with Crippen molar-refractivity contribution in [1.82, 2.24) is 4.98 Å². The molecule has 3 nitrogen and oxygen atoms in total. The normalized spacial score (nSPS) is 39.9. The van der Waals surface area contributed by atoms with Crippen molar-refractivity contribution in [2.45, 2.75) is 31.8 Å². The van der Waals surface area contributed by atoms with Crippen LogP contribution in [0.25, 0.3) is 10.9 Å². The molecule has 0 aliphatic carbocycles. The van der Waals surface area contributed by atoms with Crippen molar-refractivity contribution in [3.8, 4) is 0 Å². The molecule has 4 aliphatic rings. The number of piperidine rings is 3. The number of hydrogen-bond donors (Lipinski definition) is 2. The maximum absolute atomic E-state index is 10.1. The summed E-state index contributed by atoms with van der Waals surface area (Å²) < 4.78 is 1.08. The second-order valence-electron chi connectivity index (χ2n) is 7.91. The largest absolute Gasteiger partial charge is 0.396 e. The van der Waals surface area contributed by atoms with Gasteiger partial charge in [-0.3, -0.25) is 0 Å². The molecule has 5 atom stereocenters. The van der Waals surface area contributed by atoms with Crippen LogP contribution in [0.3, 0.4) is 0 Å². The minimum absolute atomic E-state index is 0.324. The molecule has 4 bridgehead atoms. The van der Waals surface area contributed by atoms with Gasteiger partial charge in [0, 0.05) is 35.6 Å².